The van der Waals surface area contributed by atoms with Gasteiger partial charge in [0.25, 0.3) is 11.5 Å². The number of carbonyl (C=O) groups excluding carboxylic acids is 4. The van der Waals surface area contributed by atoms with Crippen molar-refractivity contribution < 1.29 is 57.1 Å². The van der Waals surface area contributed by atoms with Crippen LogP contribution in [0.15, 0.2) is 78.2 Å². The van der Waals surface area contributed by atoms with E-state index in [1.807, 2.05) is 48.9 Å². The molecular weight excluding hydrogens is 894 g/mol. The molecule has 2 aromatic heterocycles. The standard InChI is InChI=1S/C43H54N9O12P.CH2O/c1-5-32-35(34(26(4)52(32)25-27-13-9-8-10-14-27)39(56)44-21-11-12-22-64-65(61,62-6-2)63-7-3)40(57)50-43-49-37-36(41(58)51-43)47-30(24-46-37)23-45-29-17-15-28(16-18-29)38(55)48-31(42(59)60)19-20-33(53)54;1-2/h5,8-10,13-18,24,26,31-32,34-35,45H,1,6-7,11-12,19-23,25H2,2-4H3,(H,44,56)(H,48,55)(H,53,54)(H,59,60)(H2,46,49,50,51,57,58);1H2. The zero-order valence-electron chi connectivity index (χ0n) is 37.3. The Hall–Kier alpha value is -6.71. The Kier molecular flexibility index (Phi) is 20.4. The molecule has 3 amide bonds. The third-order valence-electron chi connectivity index (χ3n) is 10.5. The predicted octanol–water partition coefficient (Wildman–Crippen LogP) is 3.91. The van der Waals surface area contributed by atoms with Crippen molar-refractivity contribution in [3.8, 4) is 0 Å². The lowest BCUT2D eigenvalue weighted by molar-refractivity contribution is -0.140. The number of amides is 3. The number of benzene rings is 2. The van der Waals surface area contributed by atoms with Crippen LogP contribution in [0.2, 0.25) is 0 Å². The zero-order chi connectivity index (χ0) is 49.1. The fourth-order valence-corrected chi connectivity index (χ4v) is 8.59. The fraction of sp³-hybridized carbons (Fsp3) is 0.409. The highest BCUT2D eigenvalue weighted by atomic mass is 31.2. The Bertz CT molecular complexity index is 2430. The second kappa shape index (κ2) is 25.8. The normalized spacial score (nSPS) is 17.4. The third-order valence-corrected chi connectivity index (χ3v) is 12.2. The number of phosphoric acid groups is 1. The highest BCUT2D eigenvalue weighted by Gasteiger charge is 2.52. The number of anilines is 2. The molecule has 0 radical (unpaired) electrons. The SMILES string of the molecule is C=CC1C(C(=O)Nc2nc3ncc(CNc4ccc(C(=O)NC(CCC(=O)O)C(=O)O)cc4)nc3c(=O)[nH]2)C(C(=O)NCCCCOP(=O)(OCC)OCC)C(C)N1Cc1ccccc1.C=O. The average molecular weight is 950 g/mol. The minimum absolute atomic E-state index is 0.0471. The van der Waals surface area contributed by atoms with Crippen LogP contribution in [-0.2, 0) is 55.2 Å². The van der Waals surface area contributed by atoms with Gasteiger partial charge in [-0.3, -0.25) is 52.7 Å². The van der Waals surface area contributed by atoms with Crippen molar-refractivity contribution in [2.75, 3.05) is 37.0 Å². The molecule has 3 heterocycles. The van der Waals surface area contributed by atoms with E-state index in [4.69, 9.17) is 23.5 Å². The molecule has 1 fully saturated rings. The van der Waals surface area contributed by atoms with Gasteiger partial charge < -0.3 is 31.0 Å². The minimum Gasteiger partial charge on any atom is -0.481 e. The number of carbonyl (C=O) groups is 6. The van der Waals surface area contributed by atoms with E-state index in [0.29, 0.717) is 30.8 Å². The summed E-state index contributed by atoms with van der Waals surface area (Å²) in [6, 6.07) is 13.3. The number of fused-ring (bicyclic) bond motifs is 1. The van der Waals surface area contributed by atoms with Gasteiger partial charge in [0.15, 0.2) is 11.2 Å². The van der Waals surface area contributed by atoms with Crippen LogP contribution in [0.4, 0.5) is 11.6 Å². The molecule has 22 nitrogen and oxygen atoms in total. The summed E-state index contributed by atoms with van der Waals surface area (Å²) in [6.45, 7) is 12.4. The van der Waals surface area contributed by atoms with Gasteiger partial charge in [-0.25, -0.2) is 19.3 Å². The lowest BCUT2D eigenvalue weighted by Crippen LogP contribution is -2.43. The molecule has 5 atom stereocenters. The minimum atomic E-state index is -3.67. The molecule has 67 heavy (non-hydrogen) atoms. The first kappa shape index (κ1) is 52.9. The molecule has 5 unspecified atom stereocenters. The number of likely N-dealkylation sites (tertiary alicyclic amines) is 1. The van der Waals surface area contributed by atoms with E-state index in [1.54, 1.807) is 32.1 Å². The van der Waals surface area contributed by atoms with Crippen LogP contribution in [0, 0.1) is 11.8 Å². The van der Waals surface area contributed by atoms with E-state index in [9.17, 15) is 38.4 Å². The summed E-state index contributed by atoms with van der Waals surface area (Å²) in [6.07, 6.45) is 3.26. The van der Waals surface area contributed by atoms with Gasteiger partial charge >= 0.3 is 19.8 Å². The first-order valence-electron chi connectivity index (χ1n) is 21.4. The number of carboxylic acid groups (broad SMARTS) is 2. The Morgan fingerprint density at radius 2 is 1.63 bits per heavy atom. The summed E-state index contributed by atoms with van der Waals surface area (Å²) in [5.74, 6) is -6.15. The van der Waals surface area contributed by atoms with Gasteiger partial charge in [-0.05, 0) is 69.9 Å². The Balaban J connectivity index is 0.00000483. The Morgan fingerprint density at radius 1 is 0.940 bits per heavy atom. The van der Waals surface area contributed by atoms with Crippen LogP contribution in [0.5, 0.6) is 0 Å². The molecule has 2 aromatic carbocycles. The van der Waals surface area contributed by atoms with Gasteiger partial charge in [0, 0.05) is 42.8 Å². The number of hydrogen-bond donors (Lipinski definition) is 7. The van der Waals surface area contributed by atoms with E-state index < -0.39 is 73.5 Å². The number of aromatic nitrogens is 4. The summed E-state index contributed by atoms with van der Waals surface area (Å²) in [5, 5.41) is 29.3. The first-order valence-corrected chi connectivity index (χ1v) is 22.8. The van der Waals surface area contributed by atoms with Crippen LogP contribution in [0.1, 0.15) is 68.1 Å². The number of unbranched alkanes of at least 4 members (excludes halogenated alkanes) is 1. The van der Waals surface area contributed by atoms with Gasteiger partial charge in [0.1, 0.15) is 12.8 Å². The van der Waals surface area contributed by atoms with Crippen LogP contribution >= 0.6 is 7.82 Å². The number of phosphoric ester groups is 1. The molecule has 5 rings (SSSR count). The summed E-state index contributed by atoms with van der Waals surface area (Å²) in [7, 11) is -3.67. The van der Waals surface area contributed by atoms with Crippen molar-refractivity contribution in [3.05, 3.63) is 101 Å². The highest BCUT2D eigenvalue weighted by molar-refractivity contribution is 7.48. The molecule has 0 spiro atoms. The van der Waals surface area contributed by atoms with E-state index in [1.165, 1.54) is 18.3 Å². The summed E-state index contributed by atoms with van der Waals surface area (Å²) in [5.41, 5.74) is 1.21. The molecule has 360 valence electrons. The number of nitrogens with one attached hydrogen (secondary N) is 5. The molecule has 0 saturated carbocycles. The molecule has 4 aromatic rings. The van der Waals surface area contributed by atoms with Gasteiger partial charge in [-0.2, -0.15) is 4.98 Å². The second-order valence-corrected chi connectivity index (χ2v) is 16.6. The Labute approximate surface area is 385 Å². The van der Waals surface area contributed by atoms with E-state index >= 15 is 0 Å². The maximum absolute atomic E-state index is 14.3. The van der Waals surface area contributed by atoms with E-state index in [0.717, 1.165) is 5.56 Å². The third kappa shape index (κ3) is 14.9. The van der Waals surface area contributed by atoms with Crippen LogP contribution in [-0.4, -0.2) is 116 Å². The molecule has 0 bridgehead atoms. The first-order chi connectivity index (χ1) is 32.2. The Morgan fingerprint density at radius 3 is 2.25 bits per heavy atom. The topological polar surface area (TPSA) is 311 Å². The summed E-state index contributed by atoms with van der Waals surface area (Å²) in [4.78, 5) is 102. The number of nitrogens with zero attached hydrogens (tertiary/aromatic N) is 4. The maximum atomic E-state index is 14.3. The fourth-order valence-electron chi connectivity index (χ4n) is 7.38. The van der Waals surface area contributed by atoms with Crippen molar-refractivity contribution >= 4 is 67.1 Å². The van der Waals surface area contributed by atoms with Crippen LogP contribution in [0.25, 0.3) is 11.2 Å². The van der Waals surface area contributed by atoms with Crippen molar-refractivity contribution in [1.82, 2.24) is 35.5 Å². The molecule has 1 aliphatic rings. The number of aliphatic carboxylic acids is 2. The van der Waals surface area contributed by atoms with Crippen molar-refractivity contribution in [2.24, 2.45) is 11.8 Å². The van der Waals surface area contributed by atoms with Gasteiger partial charge in [0.2, 0.25) is 17.8 Å². The number of H-pyrrole nitrogens is 1. The van der Waals surface area contributed by atoms with Crippen LogP contribution < -0.4 is 26.8 Å². The monoisotopic (exact) mass is 949 g/mol. The van der Waals surface area contributed by atoms with E-state index in [2.05, 4.69) is 47.8 Å². The highest BCUT2D eigenvalue weighted by Crippen LogP contribution is 2.49. The van der Waals surface area contributed by atoms with Crippen LogP contribution in [0.3, 0.4) is 0 Å². The average Bonchev–Trinajstić information content (AvgIpc) is 3.59. The van der Waals surface area contributed by atoms with Crippen molar-refractivity contribution in [2.45, 2.75) is 77.7 Å². The zero-order valence-corrected chi connectivity index (χ0v) is 38.2. The number of aromatic amines is 1. The second-order valence-electron chi connectivity index (χ2n) is 15.0. The van der Waals surface area contributed by atoms with Gasteiger partial charge in [0.05, 0.1) is 50.1 Å². The molecular formula is C44H56N9O13P. The summed E-state index contributed by atoms with van der Waals surface area (Å²) < 4.78 is 28.3. The molecule has 7 N–H and O–H groups in total. The predicted molar refractivity (Wildman–Crippen MR) is 245 cm³/mol. The molecule has 0 aliphatic carbocycles. The summed E-state index contributed by atoms with van der Waals surface area (Å²) >= 11 is 0. The largest absolute Gasteiger partial charge is 0.481 e. The number of hydrogen-bond acceptors (Lipinski definition) is 16. The van der Waals surface area contributed by atoms with Gasteiger partial charge in [-0.15, -0.1) is 6.58 Å². The quantitative estimate of drug-likeness (QED) is 0.0281. The van der Waals surface area contributed by atoms with E-state index in [-0.39, 0.29) is 67.9 Å². The number of carboxylic acids is 2. The lowest BCUT2D eigenvalue weighted by Gasteiger charge is -2.27. The maximum Gasteiger partial charge on any atom is 0.474 e. The lowest BCUT2D eigenvalue weighted by atomic mass is 9.85. The van der Waals surface area contributed by atoms with Crippen molar-refractivity contribution in [3.63, 3.8) is 0 Å². The van der Waals surface area contributed by atoms with Crippen molar-refractivity contribution in [1.29, 1.82) is 0 Å². The molecule has 23 heteroatoms. The van der Waals surface area contributed by atoms with Gasteiger partial charge in [-0.1, -0.05) is 36.4 Å². The smallest absolute Gasteiger partial charge is 0.474 e. The number of rotatable bonds is 25. The molecule has 1 aliphatic heterocycles. The molecule has 1 saturated heterocycles.